The van der Waals surface area contributed by atoms with Crippen molar-refractivity contribution in [2.75, 3.05) is 13.3 Å². The number of carbonyl (C=O) groups is 2. The van der Waals surface area contributed by atoms with Crippen LogP contribution in [0.2, 0.25) is 0 Å². The zero-order valence-corrected chi connectivity index (χ0v) is 15.1. The monoisotopic (exact) mass is 374 g/mol. The molecule has 0 fully saturated rings. The second-order valence-electron chi connectivity index (χ2n) is 5.91. The highest BCUT2D eigenvalue weighted by atomic mass is 16.6. The normalized spacial score (nSPS) is 15.3. The molecule has 0 saturated heterocycles. The van der Waals surface area contributed by atoms with Crippen molar-refractivity contribution in [1.29, 1.82) is 0 Å². The van der Waals surface area contributed by atoms with Gasteiger partial charge in [-0.3, -0.25) is 10.1 Å². The smallest absolute Gasteiger partial charge is 0.269 e. The van der Waals surface area contributed by atoms with E-state index in [0.717, 1.165) is 6.07 Å². The molecular formula is C18H18N2O7-2. The molecule has 0 radical (unpaired) electrons. The number of aliphatic carboxylic acids is 2. The van der Waals surface area contributed by atoms with Crippen LogP contribution >= 0.6 is 0 Å². The Morgan fingerprint density at radius 3 is 2.15 bits per heavy atom. The van der Waals surface area contributed by atoms with Crippen molar-refractivity contribution in [3.63, 3.8) is 0 Å². The molecule has 27 heavy (non-hydrogen) atoms. The summed E-state index contributed by atoms with van der Waals surface area (Å²) in [5.41, 5.74) is -0.266. The number of benzene rings is 1. The molecule has 1 aromatic rings. The molecule has 1 heterocycles. The third-order valence-electron chi connectivity index (χ3n) is 4.45. The zero-order chi connectivity index (χ0) is 20.3. The largest absolute Gasteiger partial charge is 0.545 e. The second kappa shape index (κ2) is 8.00. The first-order chi connectivity index (χ1) is 12.7. The van der Waals surface area contributed by atoms with Gasteiger partial charge in [-0.1, -0.05) is 12.1 Å². The number of hydrogen-bond acceptors (Lipinski definition) is 8. The fraction of sp³-hybridized carbons (Fsp3) is 0.333. The van der Waals surface area contributed by atoms with Gasteiger partial charge in [0.25, 0.3) is 5.69 Å². The fourth-order valence-electron chi connectivity index (χ4n) is 3.16. The van der Waals surface area contributed by atoms with Crippen molar-refractivity contribution in [2.24, 2.45) is 0 Å². The van der Waals surface area contributed by atoms with Crippen molar-refractivity contribution in [3.05, 3.63) is 62.5 Å². The summed E-state index contributed by atoms with van der Waals surface area (Å²) in [7, 11) is 0. The number of rotatable bonds is 7. The summed E-state index contributed by atoms with van der Waals surface area (Å²) >= 11 is 0. The lowest BCUT2D eigenvalue weighted by atomic mass is 9.80. The lowest BCUT2D eigenvalue weighted by molar-refractivity contribution is -0.384. The number of allylic oxidation sites excluding steroid dienone is 2. The molecule has 144 valence electrons. The summed E-state index contributed by atoms with van der Waals surface area (Å²) in [5.74, 6) is -4.41. The second-order valence-corrected chi connectivity index (χ2v) is 5.91. The SMILES string of the molecule is CCOCN1C(C)=C(C(=O)[O-])C(c2cccc([N+](=O)[O-])c2)C(C(=O)[O-])=C1C. The highest BCUT2D eigenvalue weighted by molar-refractivity contribution is 5.97. The van der Waals surface area contributed by atoms with Crippen molar-refractivity contribution in [3.8, 4) is 0 Å². The molecular weight excluding hydrogens is 356 g/mol. The standard InChI is InChI=1S/C18H20N2O7/c1-4-27-9-19-10(2)14(17(21)22)16(15(11(19)3)18(23)24)12-6-5-7-13(8-12)20(25)26/h5-8,16H,4,9H2,1-3H3,(H,21,22)(H,23,24)/p-2. The van der Waals surface area contributed by atoms with Gasteiger partial charge in [-0.2, -0.15) is 0 Å². The Kier molecular flexibility index (Phi) is 5.96. The minimum absolute atomic E-state index is 0.0522. The van der Waals surface area contributed by atoms with Crippen LogP contribution in [-0.4, -0.2) is 35.1 Å². The number of carbonyl (C=O) groups excluding carboxylic acids is 2. The summed E-state index contributed by atoms with van der Waals surface area (Å²) in [4.78, 5) is 35.5. The Bertz CT molecular complexity index is 819. The van der Waals surface area contributed by atoms with Crippen LogP contribution in [0.5, 0.6) is 0 Å². The van der Waals surface area contributed by atoms with E-state index in [9.17, 15) is 29.9 Å². The van der Waals surface area contributed by atoms with Crippen LogP contribution in [0.1, 0.15) is 32.3 Å². The lowest BCUT2D eigenvalue weighted by Crippen LogP contribution is -2.42. The summed E-state index contributed by atoms with van der Waals surface area (Å²) in [6, 6.07) is 5.18. The van der Waals surface area contributed by atoms with Gasteiger partial charge in [0.15, 0.2) is 0 Å². The third kappa shape index (κ3) is 3.82. The average molecular weight is 374 g/mol. The van der Waals surface area contributed by atoms with Gasteiger partial charge in [-0.25, -0.2) is 0 Å². The van der Waals surface area contributed by atoms with Crippen molar-refractivity contribution >= 4 is 17.6 Å². The first kappa shape index (κ1) is 20.1. The van der Waals surface area contributed by atoms with Gasteiger partial charge in [-0.05, 0) is 26.3 Å². The molecule has 0 atom stereocenters. The number of carboxylic acid groups (broad SMARTS) is 2. The van der Waals surface area contributed by atoms with E-state index in [-0.39, 0.29) is 40.5 Å². The van der Waals surface area contributed by atoms with Crippen LogP contribution in [0.15, 0.2) is 46.8 Å². The molecule has 0 saturated carbocycles. The van der Waals surface area contributed by atoms with Crippen LogP contribution in [0, 0.1) is 10.1 Å². The van der Waals surface area contributed by atoms with E-state index in [1.807, 2.05) is 0 Å². The molecule has 0 aliphatic carbocycles. The Labute approximate surface area is 155 Å². The molecule has 0 unspecified atom stereocenters. The van der Waals surface area contributed by atoms with E-state index < -0.39 is 22.8 Å². The van der Waals surface area contributed by atoms with Gasteiger partial charge in [0.2, 0.25) is 0 Å². The highest BCUT2D eigenvalue weighted by Gasteiger charge is 2.34. The predicted octanol–water partition coefficient (Wildman–Crippen LogP) is 0.0358. The van der Waals surface area contributed by atoms with Gasteiger partial charge in [0, 0.05) is 47.2 Å². The Hall–Kier alpha value is -3.20. The predicted molar refractivity (Wildman–Crippen MR) is 89.6 cm³/mol. The molecule has 0 bridgehead atoms. The van der Waals surface area contributed by atoms with E-state index in [0.29, 0.717) is 6.61 Å². The molecule has 0 amide bonds. The Morgan fingerprint density at radius 2 is 1.70 bits per heavy atom. The lowest BCUT2D eigenvalue weighted by Gasteiger charge is -2.40. The number of nitrogens with zero attached hydrogens (tertiary/aromatic N) is 2. The van der Waals surface area contributed by atoms with Crippen LogP contribution in [0.3, 0.4) is 0 Å². The van der Waals surface area contributed by atoms with Crippen molar-refractivity contribution < 1.29 is 29.5 Å². The number of nitro benzene ring substituents is 1. The molecule has 1 aromatic carbocycles. The van der Waals surface area contributed by atoms with Gasteiger partial charge in [-0.15, -0.1) is 0 Å². The Morgan fingerprint density at radius 1 is 1.15 bits per heavy atom. The highest BCUT2D eigenvalue weighted by Crippen LogP contribution is 2.41. The summed E-state index contributed by atoms with van der Waals surface area (Å²) in [5, 5.41) is 34.8. The summed E-state index contributed by atoms with van der Waals surface area (Å²) in [6.45, 7) is 5.04. The van der Waals surface area contributed by atoms with Crippen LogP contribution < -0.4 is 10.2 Å². The molecule has 0 N–H and O–H groups in total. The van der Waals surface area contributed by atoms with Gasteiger partial charge in [0.1, 0.15) is 6.73 Å². The van der Waals surface area contributed by atoms with Crippen LogP contribution in [0.4, 0.5) is 5.69 Å². The molecule has 2 rings (SSSR count). The first-order valence-corrected chi connectivity index (χ1v) is 8.14. The minimum Gasteiger partial charge on any atom is -0.545 e. The van der Waals surface area contributed by atoms with Gasteiger partial charge < -0.3 is 29.4 Å². The van der Waals surface area contributed by atoms with E-state index in [2.05, 4.69) is 0 Å². The molecule has 0 spiro atoms. The number of nitro groups is 1. The minimum atomic E-state index is -1.57. The van der Waals surface area contributed by atoms with E-state index in [1.165, 1.54) is 36.9 Å². The zero-order valence-electron chi connectivity index (χ0n) is 15.1. The van der Waals surface area contributed by atoms with Crippen molar-refractivity contribution in [1.82, 2.24) is 4.90 Å². The molecule has 9 nitrogen and oxygen atoms in total. The number of hydrogen-bond donors (Lipinski definition) is 0. The van der Waals surface area contributed by atoms with Gasteiger partial charge >= 0.3 is 0 Å². The van der Waals surface area contributed by atoms with E-state index in [4.69, 9.17) is 4.74 Å². The maximum Gasteiger partial charge on any atom is 0.269 e. The maximum atomic E-state index is 11.9. The van der Waals surface area contributed by atoms with Crippen LogP contribution in [-0.2, 0) is 14.3 Å². The molecule has 0 aromatic heterocycles. The van der Waals surface area contributed by atoms with Crippen LogP contribution in [0.25, 0.3) is 0 Å². The molecule has 9 heteroatoms. The number of non-ortho nitro benzene ring substituents is 1. The molecule has 1 aliphatic heterocycles. The van der Waals surface area contributed by atoms with E-state index >= 15 is 0 Å². The summed E-state index contributed by atoms with van der Waals surface area (Å²) in [6.07, 6.45) is 0. The van der Waals surface area contributed by atoms with E-state index in [1.54, 1.807) is 6.92 Å². The number of carboxylic acids is 2. The average Bonchev–Trinajstić information content (AvgIpc) is 2.60. The maximum absolute atomic E-state index is 11.9. The topological polar surface area (TPSA) is 136 Å². The summed E-state index contributed by atoms with van der Waals surface area (Å²) < 4.78 is 5.30. The Balaban J connectivity index is 2.73. The first-order valence-electron chi connectivity index (χ1n) is 8.14. The van der Waals surface area contributed by atoms with Gasteiger partial charge in [0.05, 0.1) is 16.9 Å². The number of ether oxygens (including phenoxy) is 1. The third-order valence-corrected chi connectivity index (χ3v) is 4.45. The fourth-order valence-corrected chi connectivity index (χ4v) is 3.16. The van der Waals surface area contributed by atoms with Crippen molar-refractivity contribution in [2.45, 2.75) is 26.7 Å². The molecule has 1 aliphatic rings. The quantitative estimate of drug-likeness (QED) is 0.482.